The lowest BCUT2D eigenvalue weighted by atomic mass is 10.1. The molecular weight excluding hydrogens is 358 g/mol. The van der Waals surface area contributed by atoms with Crippen LogP contribution in [0.15, 0.2) is 57.9 Å². The smallest absolute Gasteiger partial charge is 0.300 e. The van der Waals surface area contributed by atoms with Crippen LogP contribution >= 0.6 is 0 Å². The molecule has 0 aliphatic heterocycles. The number of para-hydroxylation sites is 1. The summed E-state index contributed by atoms with van der Waals surface area (Å²) in [4.78, 5) is 31.9. The van der Waals surface area contributed by atoms with Gasteiger partial charge in [-0.15, -0.1) is 0 Å². The fraction of sp³-hybridized carbons (Fsp3) is 0.200. The number of rotatable bonds is 5. The topological polar surface area (TPSA) is 109 Å². The van der Waals surface area contributed by atoms with Gasteiger partial charge in [-0.05, 0) is 36.8 Å². The zero-order valence-corrected chi connectivity index (χ0v) is 15.7. The van der Waals surface area contributed by atoms with Gasteiger partial charge < -0.3 is 9.73 Å². The highest BCUT2D eigenvalue weighted by Crippen LogP contribution is 2.23. The van der Waals surface area contributed by atoms with Gasteiger partial charge in [0, 0.05) is 19.2 Å². The van der Waals surface area contributed by atoms with Crippen molar-refractivity contribution < 1.29 is 14.0 Å². The van der Waals surface area contributed by atoms with Crippen LogP contribution in [0, 0.1) is 0 Å². The van der Waals surface area contributed by atoms with Crippen LogP contribution in [0.5, 0.6) is 0 Å². The van der Waals surface area contributed by atoms with Crippen LogP contribution in [-0.2, 0) is 16.0 Å². The molecule has 1 heterocycles. The molecule has 2 amide bonds. The molecule has 0 spiro atoms. The largest absolute Gasteiger partial charge is 0.423 e. The Bertz CT molecular complexity index is 1010. The lowest BCUT2D eigenvalue weighted by Gasteiger charge is -2.08. The Morgan fingerprint density at radius 2 is 1.89 bits per heavy atom. The maximum absolute atomic E-state index is 12.3. The number of nitrogens with zero attached hydrogens (tertiary/aromatic N) is 2. The maximum atomic E-state index is 12.3. The minimum Gasteiger partial charge on any atom is -0.423 e. The normalized spacial score (nSPS) is 11.3. The SMILES string of the molecule is CCN=C(NC(C)=O)NC(=O)Cc1ccc2nc(Nc3ccccc3)oc2c1. The Morgan fingerprint density at radius 3 is 2.61 bits per heavy atom. The van der Waals surface area contributed by atoms with Gasteiger partial charge in [0.05, 0.1) is 6.42 Å². The van der Waals surface area contributed by atoms with E-state index in [2.05, 4.69) is 25.9 Å². The third-order valence-corrected chi connectivity index (χ3v) is 3.71. The first-order valence-electron chi connectivity index (χ1n) is 8.87. The first-order valence-corrected chi connectivity index (χ1v) is 8.87. The predicted octanol–water partition coefficient (Wildman–Crippen LogP) is 2.74. The van der Waals surface area contributed by atoms with Gasteiger partial charge in [-0.2, -0.15) is 4.98 Å². The van der Waals surface area contributed by atoms with Crippen LogP contribution in [0.2, 0.25) is 0 Å². The molecule has 0 saturated heterocycles. The van der Waals surface area contributed by atoms with Gasteiger partial charge in [-0.1, -0.05) is 24.3 Å². The Morgan fingerprint density at radius 1 is 1.11 bits per heavy atom. The lowest BCUT2D eigenvalue weighted by molar-refractivity contribution is -0.119. The molecule has 0 aliphatic carbocycles. The number of carbonyl (C=O) groups is 2. The van der Waals surface area contributed by atoms with Gasteiger partial charge >= 0.3 is 0 Å². The molecule has 0 radical (unpaired) electrons. The van der Waals surface area contributed by atoms with E-state index in [0.29, 0.717) is 23.7 Å². The summed E-state index contributed by atoms with van der Waals surface area (Å²) in [6.07, 6.45) is 0.112. The first kappa shape index (κ1) is 19.1. The molecule has 0 fully saturated rings. The number of amides is 2. The van der Waals surface area contributed by atoms with E-state index >= 15 is 0 Å². The summed E-state index contributed by atoms with van der Waals surface area (Å²) in [6, 6.07) is 15.3. The molecule has 0 unspecified atom stereocenters. The number of fused-ring (bicyclic) bond motifs is 1. The molecule has 3 rings (SSSR count). The monoisotopic (exact) mass is 379 g/mol. The molecule has 3 N–H and O–H groups in total. The Labute approximate surface area is 162 Å². The summed E-state index contributed by atoms with van der Waals surface area (Å²) in [5, 5.41) is 8.20. The van der Waals surface area contributed by atoms with Crippen molar-refractivity contribution in [3.05, 3.63) is 54.1 Å². The second kappa shape index (κ2) is 8.81. The van der Waals surface area contributed by atoms with Gasteiger partial charge in [0.15, 0.2) is 5.58 Å². The number of nitrogens with one attached hydrogen (secondary N) is 3. The second-order valence-corrected chi connectivity index (χ2v) is 6.04. The van der Waals surface area contributed by atoms with Gasteiger partial charge in [0.2, 0.25) is 17.8 Å². The van der Waals surface area contributed by atoms with Crippen molar-refractivity contribution in [3.8, 4) is 0 Å². The molecule has 8 heteroatoms. The maximum Gasteiger partial charge on any atom is 0.300 e. The highest BCUT2D eigenvalue weighted by atomic mass is 16.4. The quantitative estimate of drug-likeness (QED) is 0.467. The summed E-state index contributed by atoms with van der Waals surface area (Å²) < 4.78 is 5.73. The molecular formula is C20H21N5O3. The summed E-state index contributed by atoms with van der Waals surface area (Å²) in [6.45, 7) is 3.61. The number of hydrogen-bond acceptors (Lipinski definition) is 6. The third kappa shape index (κ3) is 5.16. The van der Waals surface area contributed by atoms with Crippen LogP contribution < -0.4 is 16.0 Å². The van der Waals surface area contributed by atoms with E-state index in [1.807, 2.05) is 43.3 Å². The van der Waals surface area contributed by atoms with Gasteiger partial charge in [-0.3, -0.25) is 25.2 Å². The van der Waals surface area contributed by atoms with Crippen LogP contribution in [0.3, 0.4) is 0 Å². The van der Waals surface area contributed by atoms with E-state index in [1.165, 1.54) is 6.92 Å². The van der Waals surface area contributed by atoms with Crippen molar-refractivity contribution in [1.29, 1.82) is 0 Å². The molecule has 28 heavy (non-hydrogen) atoms. The Hall–Kier alpha value is -3.68. The molecule has 144 valence electrons. The van der Waals surface area contributed by atoms with Crippen LogP contribution in [-0.4, -0.2) is 29.3 Å². The average molecular weight is 379 g/mol. The van der Waals surface area contributed by atoms with Gasteiger partial charge in [-0.25, -0.2) is 0 Å². The third-order valence-electron chi connectivity index (χ3n) is 3.71. The highest BCUT2D eigenvalue weighted by molar-refractivity contribution is 6.04. The number of hydrogen-bond donors (Lipinski definition) is 3. The number of anilines is 2. The second-order valence-electron chi connectivity index (χ2n) is 6.04. The van der Waals surface area contributed by atoms with E-state index in [9.17, 15) is 9.59 Å². The minimum atomic E-state index is -0.297. The van der Waals surface area contributed by atoms with Crippen LogP contribution in [0.1, 0.15) is 19.4 Å². The molecule has 0 aliphatic rings. The van der Waals surface area contributed by atoms with Crippen molar-refractivity contribution in [1.82, 2.24) is 15.6 Å². The summed E-state index contributed by atoms with van der Waals surface area (Å²) in [5.74, 6) is -0.438. The summed E-state index contributed by atoms with van der Waals surface area (Å²) in [7, 11) is 0. The fourth-order valence-electron chi connectivity index (χ4n) is 2.57. The number of aromatic nitrogens is 1. The molecule has 0 atom stereocenters. The number of benzene rings is 2. The predicted molar refractivity (Wildman–Crippen MR) is 107 cm³/mol. The first-order chi connectivity index (χ1) is 13.5. The van der Waals surface area contributed by atoms with Crippen molar-refractivity contribution in [2.75, 3.05) is 11.9 Å². The van der Waals surface area contributed by atoms with Crippen LogP contribution in [0.4, 0.5) is 11.7 Å². The van der Waals surface area contributed by atoms with Gasteiger partial charge in [0.1, 0.15) is 5.52 Å². The molecule has 3 aromatic rings. The Kier molecular flexibility index (Phi) is 6.01. The van der Waals surface area contributed by atoms with Crippen molar-refractivity contribution in [3.63, 3.8) is 0 Å². The van der Waals surface area contributed by atoms with E-state index < -0.39 is 0 Å². The summed E-state index contributed by atoms with van der Waals surface area (Å²) >= 11 is 0. The lowest BCUT2D eigenvalue weighted by Crippen LogP contribution is -2.43. The number of oxazole rings is 1. The van der Waals surface area contributed by atoms with Crippen molar-refractivity contribution in [2.45, 2.75) is 20.3 Å². The van der Waals surface area contributed by atoms with Gasteiger partial charge in [0.25, 0.3) is 6.01 Å². The standard InChI is InChI=1S/C20H21N5O3/c1-3-21-19(22-13(2)26)25-18(27)12-14-9-10-16-17(11-14)28-20(24-16)23-15-7-5-4-6-8-15/h4-11H,3,12H2,1-2H3,(H,23,24)(H2,21,22,25,26,27). The number of carbonyl (C=O) groups excluding carboxylic acids is 2. The van der Waals surface area contributed by atoms with E-state index in [4.69, 9.17) is 4.42 Å². The molecule has 0 saturated carbocycles. The van der Waals surface area contributed by atoms with E-state index in [-0.39, 0.29) is 24.2 Å². The molecule has 1 aromatic heterocycles. The molecule has 8 nitrogen and oxygen atoms in total. The summed E-state index contributed by atoms with van der Waals surface area (Å²) in [5.41, 5.74) is 2.89. The highest BCUT2D eigenvalue weighted by Gasteiger charge is 2.11. The van der Waals surface area contributed by atoms with Crippen molar-refractivity contribution in [2.24, 2.45) is 4.99 Å². The number of aliphatic imine (C=N–C) groups is 1. The average Bonchev–Trinajstić information content (AvgIpc) is 3.03. The zero-order valence-electron chi connectivity index (χ0n) is 15.7. The minimum absolute atomic E-state index is 0.112. The van der Waals surface area contributed by atoms with Crippen LogP contribution in [0.25, 0.3) is 11.1 Å². The Balaban J connectivity index is 1.69. The molecule has 0 bridgehead atoms. The van der Waals surface area contributed by atoms with E-state index in [1.54, 1.807) is 12.1 Å². The van der Waals surface area contributed by atoms with Crippen molar-refractivity contribution >= 4 is 40.6 Å². The number of guanidine groups is 1. The fourth-order valence-corrected chi connectivity index (χ4v) is 2.57. The zero-order chi connectivity index (χ0) is 19.9. The van der Waals surface area contributed by atoms with E-state index in [0.717, 1.165) is 11.3 Å². The molecule has 2 aromatic carbocycles.